The Morgan fingerprint density at radius 1 is 1.15 bits per heavy atom. The summed E-state index contributed by atoms with van der Waals surface area (Å²) in [5.41, 5.74) is 1.93. The van der Waals surface area contributed by atoms with E-state index in [4.69, 9.17) is 21.7 Å². The second-order valence-electron chi connectivity index (χ2n) is 6.46. The molecule has 1 aliphatic rings. The van der Waals surface area contributed by atoms with Crippen LogP contribution in [0.25, 0.3) is 0 Å². The Labute approximate surface area is 165 Å². The molecule has 142 valence electrons. The van der Waals surface area contributed by atoms with E-state index in [1.165, 1.54) is 0 Å². The minimum absolute atomic E-state index is 0.104. The monoisotopic (exact) mass is 384 g/mol. The number of nitrogens with one attached hydrogen (secondary N) is 2. The van der Waals surface area contributed by atoms with Crippen molar-refractivity contribution in [2.24, 2.45) is 0 Å². The van der Waals surface area contributed by atoms with E-state index in [0.29, 0.717) is 24.6 Å². The lowest BCUT2D eigenvalue weighted by atomic mass is 10.1. The van der Waals surface area contributed by atoms with Gasteiger partial charge in [-0.15, -0.1) is 0 Å². The van der Waals surface area contributed by atoms with Crippen LogP contribution < -0.4 is 15.4 Å². The van der Waals surface area contributed by atoms with Crippen LogP contribution in [0.3, 0.4) is 0 Å². The van der Waals surface area contributed by atoms with Crippen LogP contribution in [0.5, 0.6) is 5.75 Å². The molecule has 27 heavy (non-hydrogen) atoms. The highest BCUT2D eigenvalue weighted by molar-refractivity contribution is 7.80. The van der Waals surface area contributed by atoms with Gasteiger partial charge in [-0.05, 0) is 61.3 Å². The number of hydrogen-bond acceptors (Lipinski definition) is 4. The first-order chi connectivity index (χ1) is 13.2. The molecular weight excluding hydrogens is 360 g/mol. The van der Waals surface area contributed by atoms with Crippen molar-refractivity contribution < 1.29 is 14.3 Å². The summed E-state index contributed by atoms with van der Waals surface area (Å²) in [5, 5.41) is 6.02. The molecule has 1 fully saturated rings. The number of amides is 1. The molecule has 0 spiro atoms. The molecule has 0 bridgehead atoms. The third kappa shape index (κ3) is 6.66. The van der Waals surface area contributed by atoms with Crippen LogP contribution in [0.4, 0.5) is 5.69 Å². The van der Waals surface area contributed by atoms with Crippen LogP contribution in [0.1, 0.15) is 24.8 Å². The van der Waals surface area contributed by atoms with Gasteiger partial charge in [-0.3, -0.25) is 4.79 Å². The van der Waals surface area contributed by atoms with Crippen molar-refractivity contribution in [3.8, 4) is 5.75 Å². The van der Waals surface area contributed by atoms with Crippen LogP contribution in [0, 0.1) is 0 Å². The van der Waals surface area contributed by atoms with Gasteiger partial charge in [0, 0.05) is 18.7 Å². The maximum absolute atomic E-state index is 12.0. The standard InChI is InChI=1S/C21H24N2O3S/c24-20(13-8-16-5-2-1-3-6-16)23-21(27)22-17-9-11-18(12-10-17)26-15-19-7-4-14-25-19/h1-3,5-6,9-12,19H,4,7-8,13-15H2,(H2,22,23,24,27). The highest BCUT2D eigenvalue weighted by atomic mass is 32.1. The van der Waals surface area contributed by atoms with Crippen molar-refractivity contribution in [3.05, 3.63) is 60.2 Å². The fraction of sp³-hybridized carbons (Fsp3) is 0.333. The predicted octanol–water partition coefficient (Wildman–Crippen LogP) is 3.69. The summed E-state index contributed by atoms with van der Waals surface area (Å²) < 4.78 is 11.3. The predicted molar refractivity (Wildman–Crippen MR) is 110 cm³/mol. The van der Waals surface area contributed by atoms with Gasteiger partial charge in [0.2, 0.25) is 5.91 Å². The highest BCUT2D eigenvalue weighted by Crippen LogP contribution is 2.18. The van der Waals surface area contributed by atoms with E-state index in [0.717, 1.165) is 36.4 Å². The average molecular weight is 385 g/mol. The lowest BCUT2D eigenvalue weighted by Crippen LogP contribution is -2.34. The number of hydrogen-bond donors (Lipinski definition) is 2. The molecular formula is C21H24N2O3S. The Morgan fingerprint density at radius 2 is 1.93 bits per heavy atom. The van der Waals surface area contributed by atoms with E-state index in [1.54, 1.807) is 0 Å². The number of thiocarbonyl (C=S) groups is 1. The van der Waals surface area contributed by atoms with Crippen molar-refractivity contribution >= 4 is 28.9 Å². The summed E-state index contributed by atoms with van der Waals surface area (Å²) in [6, 6.07) is 17.4. The molecule has 1 atom stereocenters. The van der Waals surface area contributed by atoms with Gasteiger partial charge in [0.1, 0.15) is 12.4 Å². The summed E-state index contributed by atoms with van der Waals surface area (Å²) in [4.78, 5) is 12.0. The molecule has 3 rings (SSSR count). The molecule has 5 nitrogen and oxygen atoms in total. The highest BCUT2D eigenvalue weighted by Gasteiger charge is 2.15. The van der Waals surface area contributed by atoms with E-state index >= 15 is 0 Å². The summed E-state index contributed by atoms with van der Waals surface area (Å²) >= 11 is 5.21. The minimum Gasteiger partial charge on any atom is -0.491 e. The van der Waals surface area contributed by atoms with Crippen molar-refractivity contribution in [1.82, 2.24) is 5.32 Å². The second-order valence-corrected chi connectivity index (χ2v) is 6.87. The second kappa shape index (κ2) is 10.0. The molecule has 2 aromatic rings. The average Bonchev–Trinajstić information content (AvgIpc) is 3.20. The van der Waals surface area contributed by atoms with Crippen molar-refractivity contribution in [2.45, 2.75) is 31.8 Å². The Bertz CT molecular complexity index is 744. The van der Waals surface area contributed by atoms with Crippen LogP contribution in [-0.2, 0) is 16.0 Å². The van der Waals surface area contributed by atoms with Gasteiger partial charge >= 0.3 is 0 Å². The zero-order valence-corrected chi connectivity index (χ0v) is 16.0. The van der Waals surface area contributed by atoms with Gasteiger partial charge in [0.15, 0.2) is 5.11 Å². The number of ether oxygens (including phenoxy) is 2. The van der Waals surface area contributed by atoms with E-state index in [-0.39, 0.29) is 12.0 Å². The number of anilines is 1. The van der Waals surface area contributed by atoms with Gasteiger partial charge < -0.3 is 20.1 Å². The Hall–Kier alpha value is -2.44. The van der Waals surface area contributed by atoms with Crippen molar-refractivity contribution in [1.29, 1.82) is 0 Å². The Morgan fingerprint density at radius 3 is 2.63 bits per heavy atom. The van der Waals surface area contributed by atoms with Crippen molar-refractivity contribution in [3.63, 3.8) is 0 Å². The zero-order chi connectivity index (χ0) is 18.9. The first kappa shape index (κ1) is 19.3. The largest absolute Gasteiger partial charge is 0.491 e. The van der Waals surface area contributed by atoms with Gasteiger partial charge in [0.25, 0.3) is 0 Å². The van der Waals surface area contributed by atoms with Gasteiger partial charge in [0.05, 0.1) is 6.10 Å². The van der Waals surface area contributed by atoms with Crippen LogP contribution in [0.2, 0.25) is 0 Å². The molecule has 6 heteroatoms. The molecule has 1 amide bonds. The number of rotatable bonds is 7. The minimum atomic E-state index is -0.104. The lowest BCUT2D eigenvalue weighted by Gasteiger charge is -2.13. The summed E-state index contributed by atoms with van der Waals surface area (Å²) in [6.07, 6.45) is 3.43. The fourth-order valence-corrected chi connectivity index (χ4v) is 3.09. The first-order valence-corrected chi connectivity index (χ1v) is 9.59. The SMILES string of the molecule is O=C(CCc1ccccc1)NC(=S)Nc1ccc(OCC2CCCO2)cc1. The molecule has 1 aliphatic heterocycles. The zero-order valence-electron chi connectivity index (χ0n) is 15.1. The Kier molecular flexibility index (Phi) is 7.19. The third-order valence-electron chi connectivity index (χ3n) is 4.31. The van der Waals surface area contributed by atoms with Crippen LogP contribution >= 0.6 is 12.2 Å². The van der Waals surface area contributed by atoms with E-state index in [9.17, 15) is 4.79 Å². The van der Waals surface area contributed by atoms with Gasteiger partial charge in [-0.1, -0.05) is 30.3 Å². The molecule has 1 heterocycles. The van der Waals surface area contributed by atoms with Crippen LogP contribution in [-0.4, -0.2) is 30.3 Å². The number of aryl methyl sites for hydroxylation is 1. The van der Waals surface area contributed by atoms with E-state index in [1.807, 2.05) is 54.6 Å². The molecule has 1 unspecified atom stereocenters. The molecule has 1 saturated heterocycles. The molecule has 0 saturated carbocycles. The quantitative estimate of drug-likeness (QED) is 0.713. The number of carbonyl (C=O) groups is 1. The van der Waals surface area contributed by atoms with Gasteiger partial charge in [-0.2, -0.15) is 0 Å². The molecule has 0 aromatic heterocycles. The van der Waals surface area contributed by atoms with Crippen LogP contribution in [0.15, 0.2) is 54.6 Å². The maximum atomic E-state index is 12.0. The number of carbonyl (C=O) groups excluding carboxylic acids is 1. The normalized spacial score (nSPS) is 15.9. The molecule has 0 radical (unpaired) electrons. The number of benzene rings is 2. The summed E-state index contributed by atoms with van der Waals surface area (Å²) in [5.74, 6) is 0.682. The molecule has 2 aromatic carbocycles. The van der Waals surface area contributed by atoms with E-state index in [2.05, 4.69) is 10.6 Å². The van der Waals surface area contributed by atoms with E-state index < -0.39 is 0 Å². The smallest absolute Gasteiger partial charge is 0.226 e. The fourth-order valence-electron chi connectivity index (χ4n) is 2.85. The maximum Gasteiger partial charge on any atom is 0.226 e. The summed E-state index contributed by atoms with van der Waals surface area (Å²) in [7, 11) is 0. The topological polar surface area (TPSA) is 59.6 Å². The Balaban J connectivity index is 1.38. The van der Waals surface area contributed by atoms with Gasteiger partial charge in [-0.25, -0.2) is 0 Å². The molecule has 2 N–H and O–H groups in total. The lowest BCUT2D eigenvalue weighted by molar-refractivity contribution is -0.119. The molecule has 0 aliphatic carbocycles. The van der Waals surface area contributed by atoms with Crippen molar-refractivity contribution in [2.75, 3.05) is 18.5 Å². The summed E-state index contributed by atoms with van der Waals surface area (Å²) in [6.45, 7) is 1.40. The first-order valence-electron chi connectivity index (χ1n) is 9.18. The third-order valence-corrected chi connectivity index (χ3v) is 4.51.